The van der Waals surface area contributed by atoms with E-state index in [1.807, 2.05) is 12.1 Å². The zero-order chi connectivity index (χ0) is 11.5. The van der Waals surface area contributed by atoms with Gasteiger partial charge in [-0.1, -0.05) is 0 Å². The molecule has 4 nitrogen and oxygen atoms in total. The molecule has 1 aromatic carbocycles. The van der Waals surface area contributed by atoms with Crippen molar-refractivity contribution in [1.29, 1.82) is 0 Å². The SMILES string of the molecule is Clc1nc(Cl)nc(Oc2ccc(I)cc2)n1. The van der Waals surface area contributed by atoms with Gasteiger partial charge in [0.15, 0.2) is 0 Å². The minimum Gasteiger partial charge on any atom is -0.424 e. The predicted molar refractivity (Wildman–Crippen MR) is 69.1 cm³/mol. The summed E-state index contributed by atoms with van der Waals surface area (Å²) in [5.41, 5.74) is 0. The Morgan fingerprint density at radius 3 is 2.06 bits per heavy atom. The highest BCUT2D eigenvalue weighted by molar-refractivity contribution is 14.1. The maximum Gasteiger partial charge on any atom is 0.327 e. The second-order valence-electron chi connectivity index (χ2n) is 2.71. The Hall–Kier alpha value is -0.660. The van der Waals surface area contributed by atoms with Crippen molar-refractivity contribution in [3.8, 4) is 11.8 Å². The quantitative estimate of drug-likeness (QED) is 0.761. The number of nitrogens with zero attached hydrogens (tertiary/aromatic N) is 3. The van der Waals surface area contributed by atoms with E-state index in [2.05, 4.69) is 37.5 Å². The molecule has 0 aliphatic heterocycles. The summed E-state index contributed by atoms with van der Waals surface area (Å²) in [5, 5.41) is 0.000948. The van der Waals surface area contributed by atoms with Crippen molar-refractivity contribution in [3.05, 3.63) is 38.4 Å². The molecule has 0 spiro atoms. The number of rotatable bonds is 2. The largest absolute Gasteiger partial charge is 0.424 e. The van der Waals surface area contributed by atoms with E-state index in [-0.39, 0.29) is 16.6 Å². The van der Waals surface area contributed by atoms with Crippen LogP contribution < -0.4 is 4.74 Å². The summed E-state index contributed by atoms with van der Waals surface area (Å²) in [7, 11) is 0. The van der Waals surface area contributed by atoms with E-state index < -0.39 is 0 Å². The van der Waals surface area contributed by atoms with E-state index in [1.165, 1.54) is 0 Å². The number of hydrogen-bond donors (Lipinski definition) is 0. The lowest BCUT2D eigenvalue weighted by molar-refractivity contribution is 0.439. The second-order valence-corrected chi connectivity index (χ2v) is 4.63. The van der Waals surface area contributed by atoms with Crippen LogP contribution in [0.3, 0.4) is 0 Å². The molecule has 1 aromatic heterocycles. The van der Waals surface area contributed by atoms with Crippen LogP contribution in [-0.4, -0.2) is 15.0 Å². The van der Waals surface area contributed by atoms with Gasteiger partial charge in [-0.05, 0) is 70.1 Å². The average molecular weight is 368 g/mol. The summed E-state index contributed by atoms with van der Waals surface area (Å²) in [5.74, 6) is 0.610. The van der Waals surface area contributed by atoms with Gasteiger partial charge in [-0.15, -0.1) is 0 Å². The standard InChI is InChI=1S/C9H4Cl2IN3O/c10-7-13-8(11)15-9(14-7)16-6-3-1-5(12)2-4-6/h1-4H. The molecule has 0 aliphatic carbocycles. The van der Waals surface area contributed by atoms with E-state index in [9.17, 15) is 0 Å². The lowest BCUT2D eigenvalue weighted by Crippen LogP contribution is -1.95. The third kappa shape index (κ3) is 3.16. The maximum atomic E-state index is 5.61. The van der Waals surface area contributed by atoms with Crippen LogP contribution in [-0.2, 0) is 0 Å². The van der Waals surface area contributed by atoms with Crippen molar-refractivity contribution in [3.63, 3.8) is 0 Å². The van der Waals surface area contributed by atoms with Gasteiger partial charge in [0.1, 0.15) is 5.75 Å². The van der Waals surface area contributed by atoms with Crippen LogP contribution in [0, 0.1) is 3.57 Å². The van der Waals surface area contributed by atoms with E-state index in [4.69, 9.17) is 27.9 Å². The lowest BCUT2D eigenvalue weighted by atomic mass is 10.3. The molecule has 2 aromatic rings. The van der Waals surface area contributed by atoms with Gasteiger partial charge in [0.05, 0.1) is 0 Å². The minimum atomic E-state index is 0.000474. The molecule has 0 fully saturated rings. The number of hydrogen-bond acceptors (Lipinski definition) is 4. The van der Waals surface area contributed by atoms with Crippen LogP contribution >= 0.6 is 45.8 Å². The molecular weight excluding hydrogens is 364 g/mol. The summed E-state index contributed by atoms with van der Waals surface area (Å²) >= 11 is 13.4. The van der Waals surface area contributed by atoms with Gasteiger partial charge in [-0.25, -0.2) is 0 Å². The summed E-state index contributed by atoms with van der Waals surface area (Å²) in [6, 6.07) is 7.48. The van der Waals surface area contributed by atoms with Gasteiger partial charge in [0.25, 0.3) is 0 Å². The van der Waals surface area contributed by atoms with Gasteiger partial charge in [-0.2, -0.15) is 15.0 Å². The molecule has 2 rings (SSSR count). The highest BCUT2D eigenvalue weighted by Gasteiger charge is 2.05. The van der Waals surface area contributed by atoms with E-state index in [0.717, 1.165) is 3.57 Å². The van der Waals surface area contributed by atoms with Crippen molar-refractivity contribution >= 4 is 45.8 Å². The third-order valence-corrected chi connectivity index (χ3v) is 2.64. The molecule has 7 heteroatoms. The normalized spacial score (nSPS) is 10.2. The van der Waals surface area contributed by atoms with Gasteiger partial charge < -0.3 is 4.74 Å². The Balaban J connectivity index is 2.23. The molecular formula is C9H4Cl2IN3O. The summed E-state index contributed by atoms with van der Waals surface area (Å²) in [6.45, 7) is 0. The van der Waals surface area contributed by atoms with Crippen LogP contribution in [0.1, 0.15) is 0 Å². The van der Waals surface area contributed by atoms with Crippen molar-refractivity contribution in [1.82, 2.24) is 15.0 Å². The Kier molecular flexibility index (Phi) is 3.78. The number of aromatic nitrogens is 3. The Labute approximate surface area is 115 Å². The van der Waals surface area contributed by atoms with Crippen LogP contribution in [0.5, 0.6) is 11.8 Å². The Morgan fingerprint density at radius 2 is 1.50 bits per heavy atom. The fourth-order valence-corrected chi connectivity index (χ4v) is 1.67. The average Bonchev–Trinajstić information content (AvgIpc) is 2.20. The molecule has 1 heterocycles. The molecule has 0 amide bonds. The van der Waals surface area contributed by atoms with Gasteiger partial charge >= 0.3 is 6.01 Å². The topological polar surface area (TPSA) is 47.9 Å². The maximum absolute atomic E-state index is 5.61. The molecule has 82 valence electrons. The van der Waals surface area contributed by atoms with Crippen molar-refractivity contribution in [2.75, 3.05) is 0 Å². The molecule has 16 heavy (non-hydrogen) atoms. The third-order valence-electron chi connectivity index (χ3n) is 1.58. The highest BCUT2D eigenvalue weighted by atomic mass is 127. The summed E-state index contributed by atoms with van der Waals surface area (Å²) < 4.78 is 6.47. The smallest absolute Gasteiger partial charge is 0.327 e. The van der Waals surface area contributed by atoms with Crippen LogP contribution in [0.4, 0.5) is 0 Å². The first-order valence-corrected chi connectivity index (χ1v) is 5.97. The van der Waals surface area contributed by atoms with Gasteiger partial charge in [0.2, 0.25) is 10.6 Å². The zero-order valence-corrected chi connectivity index (χ0v) is 11.4. The zero-order valence-electron chi connectivity index (χ0n) is 7.69. The molecule has 0 atom stereocenters. The van der Waals surface area contributed by atoms with Crippen LogP contribution in [0.15, 0.2) is 24.3 Å². The molecule has 0 unspecified atom stereocenters. The molecule has 0 bridgehead atoms. The lowest BCUT2D eigenvalue weighted by Gasteiger charge is -2.03. The Bertz CT molecular complexity index is 486. The highest BCUT2D eigenvalue weighted by Crippen LogP contribution is 2.20. The van der Waals surface area contributed by atoms with Gasteiger partial charge in [0, 0.05) is 3.57 Å². The first kappa shape index (κ1) is 11.8. The molecule has 0 saturated carbocycles. The number of ether oxygens (including phenoxy) is 1. The molecule has 0 N–H and O–H groups in total. The first-order valence-electron chi connectivity index (χ1n) is 4.14. The summed E-state index contributed by atoms with van der Waals surface area (Å²) in [4.78, 5) is 11.2. The number of benzene rings is 1. The van der Waals surface area contributed by atoms with Crippen LogP contribution in [0.2, 0.25) is 10.6 Å². The summed E-state index contributed by atoms with van der Waals surface area (Å²) in [6.07, 6.45) is 0. The van der Waals surface area contributed by atoms with E-state index in [0.29, 0.717) is 5.75 Å². The molecule has 0 radical (unpaired) electrons. The fraction of sp³-hybridized carbons (Fsp3) is 0. The minimum absolute atomic E-state index is 0.000474. The van der Waals surface area contributed by atoms with E-state index in [1.54, 1.807) is 12.1 Å². The van der Waals surface area contributed by atoms with Crippen molar-refractivity contribution in [2.45, 2.75) is 0 Å². The molecule has 0 saturated heterocycles. The predicted octanol–water partition coefficient (Wildman–Crippen LogP) is 3.58. The van der Waals surface area contributed by atoms with Crippen molar-refractivity contribution < 1.29 is 4.74 Å². The fourth-order valence-electron chi connectivity index (χ4n) is 0.963. The van der Waals surface area contributed by atoms with Crippen LogP contribution in [0.25, 0.3) is 0 Å². The Morgan fingerprint density at radius 1 is 0.938 bits per heavy atom. The van der Waals surface area contributed by atoms with Crippen molar-refractivity contribution in [2.24, 2.45) is 0 Å². The number of halogens is 3. The second kappa shape index (κ2) is 5.11. The molecule has 0 aliphatic rings. The van der Waals surface area contributed by atoms with Gasteiger partial charge in [-0.3, -0.25) is 0 Å². The van der Waals surface area contributed by atoms with E-state index >= 15 is 0 Å². The first-order chi connectivity index (χ1) is 7.63. The monoisotopic (exact) mass is 367 g/mol.